The van der Waals surface area contributed by atoms with Crippen LogP contribution in [-0.4, -0.2) is 34.2 Å². The largest absolute Gasteiger partial charge is 0.481 e. The zero-order chi connectivity index (χ0) is 18.1. The lowest BCUT2D eigenvalue weighted by atomic mass is 9.72. The van der Waals surface area contributed by atoms with E-state index in [1.54, 1.807) is 0 Å². The minimum absolute atomic E-state index is 0.278. The van der Waals surface area contributed by atoms with Gasteiger partial charge in [-0.25, -0.2) is 9.37 Å². The Labute approximate surface area is 153 Å². The summed E-state index contributed by atoms with van der Waals surface area (Å²) >= 11 is 0. The zero-order valence-corrected chi connectivity index (χ0v) is 15.1. The van der Waals surface area contributed by atoms with Crippen molar-refractivity contribution in [1.82, 2.24) is 9.88 Å². The third kappa shape index (κ3) is 3.21. The normalized spacial score (nSPS) is 28.7. The number of aliphatic hydroxyl groups is 1. The minimum atomic E-state index is -1.09. The molecule has 0 aliphatic carbocycles. The Balaban J connectivity index is 1.62. The number of aromatic nitrogens is 1. The molecule has 2 aliphatic rings. The zero-order valence-electron chi connectivity index (χ0n) is 15.1. The summed E-state index contributed by atoms with van der Waals surface area (Å²) in [5.74, 6) is -0.116. The van der Waals surface area contributed by atoms with Crippen molar-refractivity contribution in [2.75, 3.05) is 7.11 Å². The van der Waals surface area contributed by atoms with Crippen LogP contribution in [0.3, 0.4) is 0 Å². The maximum atomic E-state index is 13.8. The molecule has 1 N–H and O–H groups in total. The van der Waals surface area contributed by atoms with E-state index in [0.29, 0.717) is 24.3 Å². The van der Waals surface area contributed by atoms with Gasteiger partial charge in [-0.3, -0.25) is 4.90 Å². The van der Waals surface area contributed by atoms with Crippen LogP contribution in [0, 0.1) is 5.82 Å². The van der Waals surface area contributed by atoms with Crippen LogP contribution in [0.1, 0.15) is 43.2 Å². The van der Waals surface area contributed by atoms with Gasteiger partial charge in [-0.1, -0.05) is 36.8 Å². The second-order valence-corrected chi connectivity index (χ2v) is 7.55. The maximum absolute atomic E-state index is 13.8. The number of fused-ring (bicyclic) bond motifs is 2. The third-order valence-corrected chi connectivity index (χ3v) is 5.88. The van der Waals surface area contributed by atoms with Gasteiger partial charge in [0, 0.05) is 24.2 Å². The lowest BCUT2D eigenvalue weighted by molar-refractivity contribution is -0.101. The van der Waals surface area contributed by atoms with E-state index in [1.165, 1.54) is 25.2 Å². The summed E-state index contributed by atoms with van der Waals surface area (Å²) in [5, 5.41) is 11.5. The lowest BCUT2D eigenvalue weighted by Gasteiger charge is -2.52. The second kappa shape index (κ2) is 6.97. The fraction of sp³-hybridized carbons (Fsp3) is 0.476. The minimum Gasteiger partial charge on any atom is -0.481 e. The van der Waals surface area contributed by atoms with E-state index in [0.717, 1.165) is 25.6 Å². The first-order valence-corrected chi connectivity index (χ1v) is 9.31. The van der Waals surface area contributed by atoms with Gasteiger partial charge in [0.15, 0.2) is 0 Å². The molecule has 2 aromatic rings. The van der Waals surface area contributed by atoms with E-state index in [9.17, 15) is 9.50 Å². The number of benzene rings is 1. The molecular formula is C21H25FN2O2. The maximum Gasteiger partial charge on any atom is 0.219 e. The quantitative estimate of drug-likeness (QED) is 0.909. The Morgan fingerprint density at radius 3 is 2.58 bits per heavy atom. The number of nitrogens with zero attached hydrogens (tertiary/aromatic N) is 2. The Bertz CT molecular complexity index is 754. The van der Waals surface area contributed by atoms with Gasteiger partial charge in [0.05, 0.1) is 18.9 Å². The highest BCUT2D eigenvalue weighted by Crippen LogP contribution is 2.46. The first kappa shape index (κ1) is 17.4. The van der Waals surface area contributed by atoms with Crippen molar-refractivity contribution >= 4 is 0 Å². The molecule has 138 valence electrons. The Kier molecular flexibility index (Phi) is 4.67. The number of hydrogen-bond acceptors (Lipinski definition) is 4. The molecule has 3 heterocycles. The van der Waals surface area contributed by atoms with E-state index in [2.05, 4.69) is 34.1 Å². The summed E-state index contributed by atoms with van der Waals surface area (Å²) in [7, 11) is 1.51. The summed E-state index contributed by atoms with van der Waals surface area (Å²) in [6.07, 6.45) is 5.58. The van der Waals surface area contributed by atoms with Crippen LogP contribution in [0.15, 0.2) is 42.6 Å². The van der Waals surface area contributed by atoms with Crippen molar-refractivity contribution in [3.05, 3.63) is 59.5 Å². The molecule has 1 aromatic heterocycles. The SMILES string of the molecule is COc1ncc(F)cc1C1(O)CC2CCCC(C1)N2Cc1ccccc1. The van der Waals surface area contributed by atoms with E-state index in [-0.39, 0.29) is 12.1 Å². The summed E-state index contributed by atoms with van der Waals surface area (Å²) in [5.41, 5.74) is 0.680. The summed E-state index contributed by atoms with van der Waals surface area (Å²) in [6.45, 7) is 0.894. The smallest absolute Gasteiger partial charge is 0.219 e. The van der Waals surface area contributed by atoms with Crippen LogP contribution in [-0.2, 0) is 12.1 Å². The fourth-order valence-corrected chi connectivity index (χ4v) is 4.72. The Morgan fingerprint density at radius 2 is 1.92 bits per heavy atom. The number of methoxy groups -OCH3 is 1. The summed E-state index contributed by atoms with van der Waals surface area (Å²) < 4.78 is 19.1. The predicted octanol–water partition coefficient (Wildman–Crippen LogP) is 3.63. The van der Waals surface area contributed by atoms with E-state index in [1.807, 2.05) is 6.07 Å². The van der Waals surface area contributed by atoms with Gasteiger partial charge in [-0.15, -0.1) is 0 Å². The van der Waals surface area contributed by atoms with Crippen molar-refractivity contribution < 1.29 is 14.2 Å². The lowest BCUT2D eigenvalue weighted by Crippen LogP contribution is -2.56. The molecule has 2 bridgehead atoms. The van der Waals surface area contributed by atoms with Crippen LogP contribution in [0.4, 0.5) is 4.39 Å². The number of ether oxygens (including phenoxy) is 1. The molecule has 0 radical (unpaired) electrons. The number of rotatable bonds is 4. The molecule has 5 heteroatoms. The van der Waals surface area contributed by atoms with Gasteiger partial charge < -0.3 is 9.84 Å². The standard InChI is InChI=1S/C21H25FN2O2/c1-26-20-19(10-16(22)13-23-20)21(25)11-17-8-5-9-18(12-21)24(17)14-15-6-3-2-4-7-15/h2-4,6-7,10,13,17-18,25H,5,8-9,11-12,14H2,1H3. The Hall–Kier alpha value is -1.98. The monoisotopic (exact) mass is 356 g/mol. The van der Waals surface area contributed by atoms with Crippen LogP contribution in [0.25, 0.3) is 0 Å². The van der Waals surface area contributed by atoms with Crippen LogP contribution in [0.5, 0.6) is 5.88 Å². The predicted molar refractivity (Wildman–Crippen MR) is 97.3 cm³/mol. The van der Waals surface area contributed by atoms with Gasteiger partial charge in [0.1, 0.15) is 5.82 Å². The van der Waals surface area contributed by atoms with Gasteiger partial charge in [-0.05, 0) is 37.3 Å². The van der Waals surface area contributed by atoms with E-state index < -0.39 is 11.4 Å². The highest BCUT2D eigenvalue weighted by atomic mass is 19.1. The average Bonchev–Trinajstić information content (AvgIpc) is 2.63. The van der Waals surface area contributed by atoms with Crippen molar-refractivity contribution in [3.8, 4) is 5.88 Å². The van der Waals surface area contributed by atoms with Gasteiger partial charge >= 0.3 is 0 Å². The molecule has 4 rings (SSSR count). The summed E-state index contributed by atoms with van der Waals surface area (Å²) in [6, 6.07) is 12.4. The van der Waals surface area contributed by atoms with Gasteiger partial charge in [0.25, 0.3) is 0 Å². The molecule has 0 amide bonds. The van der Waals surface area contributed by atoms with Crippen LogP contribution < -0.4 is 4.74 Å². The molecule has 2 saturated heterocycles. The van der Waals surface area contributed by atoms with Gasteiger partial charge in [0.2, 0.25) is 5.88 Å². The molecule has 2 aliphatic heterocycles. The molecule has 4 nitrogen and oxygen atoms in total. The van der Waals surface area contributed by atoms with E-state index >= 15 is 0 Å². The number of pyridine rings is 1. The van der Waals surface area contributed by atoms with Crippen molar-refractivity contribution in [2.24, 2.45) is 0 Å². The second-order valence-electron chi connectivity index (χ2n) is 7.55. The molecule has 1 aromatic carbocycles. The van der Waals surface area contributed by atoms with Crippen molar-refractivity contribution in [2.45, 2.75) is 56.3 Å². The first-order valence-electron chi connectivity index (χ1n) is 9.31. The average molecular weight is 356 g/mol. The molecule has 2 unspecified atom stereocenters. The molecule has 2 fully saturated rings. The summed E-state index contributed by atoms with van der Waals surface area (Å²) in [4.78, 5) is 6.55. The molecular weight excluding hydrogens is 331 g/mol. The molecule has 0 spiro atoms. The number of hydrogen-bond donors (Lipinski definition) is 1. The fourth-order valence-electron chi connectivity index (χ4n) is 4.72. The first-order chi connectivity index (χ1) is 12.6. The number of piperidine rings is 2. The highest BCUT2D eigenvalue weighted by molar-refractivity contribution is 5.34. The van der Waals surface area contributed by atoms with Crippen LogP contribution >= 0.6 is 0 Å². The molecule has 2 atom stereocenters. The highest BCUT2D eigenvalue weighted by Gasteiger charge is 2.47. The Morgan fingerprint density at radius 1 is 1.23 bits per heavy atom. The molecule has 26 heavy (non-hydrogen) atoms. The van der Waals surface area contributed by atoms with E-state index in [4.69, 9.17) is 4.74 Å². The van der Waals surface area contributed by atoms with Crippen molar-refractivity contribution in [3.63, 3.8) is 0 Å². The third-order valence-electron chi connectivity index (χ3n) is 5.88. The topological polar surface area (TPSA) is 45.6 Å². The molecule has 0 saturated carbocycles. The number of halogens is 1. The van der Waals surface area contributed by atoms with Gasteiger partial charge in [-0.2, -0.15) is 0 Å². The van der Waals surface area contributed by atoms with Crippen molar-refractivity contribution in [1.29, 1.82) is 0 Å². The van der Waals surface area contributed by atoms with Crippen LogP contribution in [0.2, 0.25) is 0 Å².